The minimum Gasteiger partial charge on any atom is -0.358 e. The maximum absolute atomic E-state index is 11.8. The van der Waals surface area contributed by atoms with Crippen LogP contribution in [0.1, 0.15) is 31.9 Å². The first kappa shape index (κ1) is 14.9. The van der Waals surface area contributed by atoms with Gasteiger partial charge in [0.1, 0.15) is 6.04 Å². The molecule has 0 radical (unpaired) electrons. The van der Waals surface area contributed by atoms with E-state index in [0.717, 1.165) is 19.6 Å². The Kier molecular flexibility index (Phi) is 4.65. The lowest BCUT2D eigenvalue weighted by Crippen LogP contribution is -2.54. The smallest absolute Gasteiger partial charge is 0.242 e. The van der Waals surface area contributed by atoms with Crippen LogP contribution in [0.5, 0.6) is 0 Å². The normalized spacial score (nSPS) is 19.4. The molecule has 1 unspecified atom stereocenters. The Morgan fingerprint density at radius 3 is 2.85 bits per heavy atom. The van der Waals surface area contributed by atoms with E-state index >= 15 is 0 Å². The highest BCUT2D eigenvalue weighted by molar-refractivity contribution is 5.86. The number of benzene rings is 1. The summed E-state index contributed by atoms with van der Waals surface area (Å²) in [4.78, 5) is 14.0. The van der Waals surface area contributed by atoms with Gasteiger partial charge in [0.25, 0.3) is 0 Å². The van der Waals surface area contributed by atoms with Crippen molar-refractivity contribution in [2.75, 3.05) is 18.0 Å². The largest absolute Gasteiger partial charge is 0.358 e. The summed E-state index contributed by atoms with van der Waals surface area (Å²) < 4.78 is 0. The molecule has 20 heavy (non-hydrogen) atoms. The van der Waals surface area contributed by atoms with E-state index in [9.17, 15) is 4.79 Å². The van der Waals surface area contributed by atoms with Gasteiger partial charge in [-0.1, -0.05) is 26.0 Å². The summed E-state index contributed by atoms with van der Waals surface area (Å²) >= 11 is 0. The van der Waals surface area contributed by atoms with E-state index in [1.165, 1.54) is 16.8 Å². The van der Waals surface area contributed by atoms with Gasteiger partial charge in [-0.2, -0.15) is 0 Å². The third kappa shape index (κ3) is 3.31. The van der Waals surface area contributed by atoms with Crippen molar-refractivity contribution in [1.29, 1.82) is 0 Å². The minimum atomic E-state index is -0.0953. The van der Waals surface area contributed by atoms with Crippen molar-refractivity contribution in [3.8, 4) is 0 Å². The molecule has 2 N–H and O–H groups in total. The fourth-order valence-corrected chi connectivity index (χ4v) is 2.58. The Balaban J connectivity index is 2.14. The summed E-state index contributed by atoms with van der Waals surface area (Å²) in [6, 6.07) is 6.89. The lowest BCUT2D eigenvalue weighted by atomic mass is 10.1. The molecule has 0 bridgehead atoms. The molecular weight excluding hydrogens is 250 g/mol. The van der Waals surface area contributed by atoms with Gasteiger partial charge in [-0.15, -0.1) is 0 Å². The van der Waals surface area contributed by atoms with E-state index in [1.807, 2.05) is 6.92 Å². The van der Waals surface area contributed by atoms with Crippen LogP contribution in [0.4, 0.5) is 5.69 Å². The van der Waals surface area contributed by atoms with E-state index in [1.54, 1.807) is 0 Å². The van der Waals surface area contributed by atoms with Crippen molar-refractivity contribution in [2.24, 2.45) is 0 Å². The van der Waals surface area contributed by atoms with Crippen LogP contribution in [0.25, 0.3) is 0 Å². The molecule has 1 aliphatic heterocycles. The summed E-state index contributed by atoms with van der Waals surface area (Å²) in [6.07, 6.45) is 0. The molecule has 4 heteroatoms. The topological polar surface area (TPSA) is 44.4 Å². The summed E-state index contributed by atoms with van der Waals surface area (Å²) in [6.45, 7) is 10.9. The Labute approximate surface area is 121 Å². The zero-order valence-corrected chi connectivity index (χ0v) is 12.9. The van der Waals surface area contributed by atoms with Crippen LogP contribution in [0.3, 0.4) is 0 Å². The SMILES string of the molecule is Cc1cc(CNC(C)C)ccc1N1CCNC(=O)C1C. The van der Waals surface area contributed by atoms with Crippen molar-refractivity contribution >= 4 is 11.6 Å². The number of carbonyl (C=O) groups is 1. The number of nitrogens with one attached hydrogen (secondary N) is 2. The predicted octanol–water partition coefficient (Wildman–Crippen LogP) is 1.82. The van der Waals surface area contributed by atoms with Gasteiger partial charge in [-0.25, -0.2) is 0 Å². The van der Waals surface area contributed by atoms with Crippen molar-refractivity contribution < 1.29 is 4.79 Å². The molecule has 0 aliphatic carbocycles. The number of piperazine rings is 1. The first-order valence-corrected chi connectivity index (χ1v) is 7.36. The Morgan fingerprint density at radius 2 is 2.20 bits per heavy atom. The Morgan fingerprint density at radius 1 is 1.45 bits per heavy atom. The first-order chi connectivity index (χ1) is 9.49. The van der Waals surface area contributed by atoms with Crippen molar-refractivity contribution in [3.05, 3.63) is 29.3 Å². The van der Waals surface area contributed by atoms with Gasteiger partial charge in [0.05, 0.1) is 0 Å². The summed E-state index contributed by atoms with van der Waals surface area (Å²) in [7, 11) is 0. The third-order valence-electron chi connectivity index (χ3n) is 3.78. The molecule has 110 valence electrons. The standard InChI is InChI=1S/C16H25N3O/c1-11(2)18-10-14-5-6-15(12(3)9-14)19-8-7-17-16(20)13(19)4/h5-6,9,11,13,18H,7-8,10H2,1-4H3,(H,17,20). The molecule has 1 atom stereocenters. The number of anilines is 1. The predicted molar refractivity (Wildman–Crippen MR) is 83.0 cm³/mol. The van der Waals surface area contributed by atoms with Gasteiger partial charge < -0.3 is 15.5 Å². The molecule has 0 spiro atoms. The molecule has 4 nitrogen and oxygen atoms in total. The lowest BCUT2D eigenvalue weighted by molar-refractivity contribution is -0.122. The summed E-state index contributed by atoms with van der Waals surface area (Å²) in [5, 5.41) is 6.33. The number of aryl methyl sites for hydroxylation is 1. The van der Waals surface area contributed by atoms with Crippen LogP contribution >= 0.6 is 0 Å². The summed E-state index contributed by atoms with van der Waals surface area (Å²) in [5.41, 5.74) is 3.68. The second kappa shape index (κ2) is 6.27. The van der Waals surface area contributed by atoms with Gasteiger partial charge in [-0.05, 0) is 31.0 Å². The van der Waals surface area contributed by atoms with E-state index in [4.69, 9.17) is 0 Å². The highest BCUT2D eigenvalue weighted by Gasteiger charge is 2.26. The van der Waals surface area contributed by atoms with Crippen molar-refractivity contribution in [1.82, 2.24) is 10.6 Å². The van der Waals surface area contributed by atoms with Crippen LogP contribution in [-0.2, 0) is 11.3 Å². The van der Waals surface area contributed by atoms with Gasteiger partial charge in [0, 0.05) is 31.4 Å². The Bertz CT molecular complexity index is 485. The minimum absolute atomic E-state index is 0.0953. The van der Waals surface area contributed by atoms with Crippen LogP contribution in [0.2, 0.25) is 0 Å². The molecule has 2 rings (SSSR count). The Hall–Kier alpha value is -1.55. The molecule has 1 aromatic carbocycles. The van der Waals surface area contributed by atoms with Gasteiger partial charge in [0.15, 0.2) is 0 Å². The second-order valence-corrected chi connectivity index (χ2v) is 5.82. The first-order valence-electron chi connectivity index (χ1n) is 7.36. The molecule has 1 heterocycles. The average Bonchev–Trinajstić information content (AvgIpc) is 2.40. The molecule has 1 saturated heterocycles. The zero-order valence-electron chi connectivity index (χ0n) is 12.9. The molecular formula is C16H25N3O. The van der Waals surface area contributed by atoms with Crippen molar-refractivity contribution in [3.63, 3.8) is 0 Å². The highest BCUT2D eigenvalue weighted by atomic mass is 16.2. The number of rotatable bonds is 4. The molecule has 0 saturated carbocycles. The van der Waals surface area contributed by atoms with E-state index in [0.29, 0.717) is 6.04 Å². The molecule has 1 aromatic rings. The number of hydrogen-bond acceptors (Lipinski definition) is 3. The fraction of sp³-hybridized carbons (Fsp3) is 0.562. The van der Waals surface area contributed by atoms with E-state index in [2.05, 4.69) is 54.5 Å². The van der Waals surface area contributed by atoms with Crippen LogP contribution in [-0.4, -0.2) is 31.1 Å². The number of carbonyl (C=O) groups excluding carboxylic acids is 1. The van der Waals surface area contributed by atoms with Gasteiger partial charge in [0.2, 0.25) is 5.91 Å². The quantitative estimate of drug-likeness (QED) is 0.881. The highest BCUT2D eigenvalue weighted by Crippen LogP contribution is 2.24. The number of nitrogens with zero attached hydrogens (tertiary/aromatic N) is 1. The van der Waals surface area contributed by atoms with Crippen molar-refractivity contribution in [2.45, 2.75) is 46.3 Å². The molecule has 1 aliphatic rings. The average molecular weight is 275 g/mol. The summed E-state index contributed by atoms with van der Waals surface area (Å²) in [5.74, 6) is 0.112. The maximum Gasteiger partial charge on any atom is 0.242 e. The number of hydrogen-bond donors (Lipinski definition) is 2. The number of amides is 1. The van der Waals surface area contributed by atoms with E-state index in [-0.39, 0.29) is 11.9 Å². The van der Waals surface area contributed by atoms with Gasteiger partial charge >= 0.3 is 0 Å². The van der Waals surface area contributed by atoms with Crippen LogP contribution in [0, 0.1) is 6.92 Å². The second-order valence-electron chi connectivity index (χ2n) is 5.82. The molecule has 0 aromatic heterocycles. The van der Waals surface area contributed by atoms with Gasteiger partial charge in [-0.3, -0.25) is 4.79 Å². The molecule has 1 amide bonds. The monoisotopic (exact) mass is 275 g/mol. The fourth-order valence-electron chi connectivity index (χ4n) is 2.58. The maximum atomic E-state index is 11.8. The zero-order chi connectivity index (χ0) is 14.7. The van der Waals surface area contributed by atoms with Crippen LogP contribution < -0.4 is 15.5 Å². The molecule has 1 fully saturated rings. The lowest BCUT2D eigenvalue weighted by Gasteiger charge is -2.35. The third-order valence-corrected chi connectivity index (χ3v) is 3.78. The van der Waals surface area contributed by atoms with Crippen LogP contribution in [0.15, 0.2) is 18.2 Å². The van der Waals surface area contributed by atoms with E-state index < -0.39 is 0 Å².